The smallest absolute Gasteiger partial charge is 0.471 e. The van der Waals surface area contributed by atoms with E-state index in [0.29, 0.717) is 0 Å². The highest BCUT2D eigenvalue weighted by Crippen LogP contribution is 2.20. The average Bonchev–Trinajstić information content (AvgIpc) is 2.24. The average molecular weight is 249 g/mol. The number of nitrogens with zero attached hydrogens (tertiary/aromatic N) is 3. The topological polar surface area (TPSA) is 83.4 Å². The van der Waals surface area contributed by atoms with Gasteiger partial charge in [-0.05, 0) is 6.07 Å². The molecule has 17 heavy (non-hydrogen) atoms. The molecular formula is C8H6F3N3O3. The van der Waals surface area contributed by atoms with E-state index in [4.69, 9.17) is 5.11 Å². The molecule has 1 heterocycles. The summed E-state index contributed by atoms with van der Waals surface area (Å²) in [5.41, 5.74) is 0. The van der Waals surface area contributed by atoms with E-state index in [0.717, 1.165) is 12.4 Å². The van der Waals surface area contributed by atoms with Crippen LogP contribution in [0.25, 0.3) is 0 Å². The normalized spacial score (nSPS) is 11.0. The Kier molecular flexibility index (Phi) is 3.61. The molecule has 0 aliphatic heterocycles. The summed E-state index contributed by atoms with van der Waals surface area (Å²) in [7, 11) is 0. The summed E-state index contributed by atoms with van der Waals surface area (Å²) in [6.45, 7) is -1.16. The standard InChI is InChI=1S/C8H6F3N3O3/c9-8(10,11)6(17)14(4-5(15)16)7-12-2-1-3-13-7/h1-3H,4H2,(H,15,16). The van der Waals surface area contributed by atoms with Crippen LogP contribution >= 0.6 is 0 Å². The molecule has 0 spiro atoms. The van der Waals surface area contributed by atoms with Crippen LogP contribution in [0.5, 0.6) is 0 Å². The third-order valence-electron chi connectivity index (χ3n) is 1.57. The number of carbonyl (C=O) groups is 2. The molecule has 92 valence electrons. The summed E-state index contributed by atoms with van der Waals surface area (Å²) in [5, 5.41) is 8.44. The van der Waals surface area contributed by atoms with Crippen molar-refractivity contribution in [1.29, 1.82) is 0 Å². The number of halogens is 3. The fourth-order valence-electron chi connectivity index (χ4n) is 0.952. The predicted molar refractivity (Wildman–Crippen MR) is 48.1 cm³/mol. The van der Waals surface area contributed by atoms with Crippen molar-refractivity contribution in [3.05, 3.63) is 18.5 Å². The molecule has 0 unspecified atom stereocenters. The van der Waals surface area contributed by atoms with E-state index in [-0.39, 0.29) is 4.90 Å². The summed E-state index contributed by atoms with van der Waals surface area (Å²) in [4.78, 5) is 28.1. The highest BCUT2D eigenvalue weighted by molar-refractivity contribution is 5.99. The van der Waals surface area contributed by atoms with Gasteiger partial charge in [-0.15, -0.1) is 0 Å². The fraction of sp³-hybridized carbons (Fsp3) is 0.250. The molecule has 0 saturated carbocycles. The molecule has 0 aromatic carbocycles. The molecule has 0 aliphatic rings. The van der Waals surface area contributed by atoms with Crippen LogP contribution in [0.2, 0.25) is 0 Å². The minimum absolute atomic E-state index is 0.0532. The molecule has 0 bridgehead atoms. The Morgan fingerprint density at radius 1 is 1.29 bits per heavy atom. The van der Waals surface area contributed by atoms with Crippen LogP contribution in [0.1, 0.15) is 0 Å². The molecule has 0 aliphatic carbocycles. The van der Waals surface area contributed by atoms with Crippen molar-refractivity contribution in [2.75, 3.05) is 11.4 Å². The molecule has 1 amide bonds. The van der Waals surface area contributed by atoms with Crippen molar-refractivity contribution in [2.24, 2.45) is 0 Å². The Morgan fingerprint density at radius 3 is 2.24 bits per heavy atom. The van der Waals surface area contributed by atoms with E-state index in [2.05, 4.69) is 9.97 Å². The van der Waals surface area contributed by atoms with Gasteiger partial charge in [-0.2, -0.15) is 13.2 Å². The van der Waals surface area contributed by atoms with Crippen LogP contribution in [-0.4, -0.2) is 39.7 Å². The first kappa shape index (κ1) is 12.9. The molecule has 1 aromatic rings. The SMILES string of the molecule is O=C(O)CN(C(=O)C(F)(F)F)c1ncccn1. The van der Waals surface area contributed by atoms with Gasteiger partial charge >= 0.3 is 18.1 Å². The number of carbonyl (C=O) groups excluding carboxylic acids is 1. The molecule has 1 rings (SSSR count). The van der Waals surface area contributed by atoms with Crippen molar-refractivity contribution < 1.29 is 27.9 Å². The largest absolute Gasteiger partial charge is 0.480 e. The van der Waals surface area contributed by atoms with Gasteiger partial charge in [0, 0.05) is 12.4 Å². The van der Waals surface area contributed by atoms with Gasteiger partial charge in [0.2, 0.25) is 5.95 Å². The summed E-state index contributed by atoms with van der Waals surface area (Å²) < 4.78 is 36.6. The molecule has 6 nitrogen and oxygen atoms in total. The van der Waals surface area contributed by atoms with Gasteiger partial charge in [0.1, 0.15) is 6.54 Å². The number of aliphatic carboxylic acids is 1. The second-order valence-electron chi connectivity index (χ2n) is 2.83. The van der Waals surface area contributed by atoms with Crippen LogP contribution in [0, 0.1) is 0 Å². The minimum atomic E-state index is -5.19. The van der Waals surface area contributed by atoms with Gasteiger partial charge in [-0.25, -0.2) is 9.97 Å². The lowest BCUT2D eigenvalue weighted by molar-refractivity contribution is -0.171. The predicted octanol–water partition coefficient (Wildman–Crippen LogP) is 0.456. The summed E-state index contributed by atoms with van der Waals surface area (Å²) in [5.74, 6) is -4.54. The Bertz CT molecular complexity index is 421. The molecule has 1 N–H and O–H groups in total. The Labute approximate surface area is 92.7 Å². The second-order valence-corrected chi connectivity index (χ2v) is 2.83. The van der Waals surface area contributed by atoms with E-state index in [1.54, 1.807) is 0 Å². The molecule has 1 aromatic heterocycles. The van der Waals surface area contributed by atoms with Gasteiger partial charge in [-0.1, -0.05) is 0 Å². The summed E-state index contributed by atoms with van der Waals surface area (Å²) in [6, 6.07) is 1.32. The quantitative estimate of drug-likeness (QED) is 0.841. The number of hydrogen-bond acceptors (Lipinski definition) is 4. The van der Waals surface area contributed by atoms with Crippen LogP contribution in [0.4, 0.5) is 19.1 Å². The summed E-state index contributed by atoms with van der Waals surface area (Å²) in [6.07, 6.45) is -2.99. The molecule has 0 fully saturated rings. The van der Waals surface area contributed by atoms with E-state index in [9.17, 15) is 22.8 Å². The van der Waals surface area contributed by atoms with E-state index >= 15 is 0 Å². The van der Waals surface area contributed by atoms with Crippen LogP contribution in [0.15, 0.2) is 18.5 Å². The molecule has 0 radical (unpaired) electrons. The van der Waals surface area contributed by atoms with Gasteiger partial charge in [0.15, 0.2) is 0 Å². The zero-order valence-corrected chi connectivity index (χ0v) is 8.18. The Hall–Kier alpha value is -2.19. The summed E-state index contributed by atoms with van der Waals surface area (Å²) >= 11 is 0. The third-order valence-corrected chi connectivity index (χ3v) is 1.57. The first-order chi connectivity index (χ1) is 7.82. The molecular weight excluding hydrogens is 243 g/mol. The van der Waals surface area contributed by atoms with Gasteiger partial charge < -0.3 is 5.11 Å². The first-order valence-electron chi connectivity index (χ1n) is 4.20. The number of anilines is 1. The van der Waals surface area contributed by atoms with Gasteiger partial charge in [-0.3, -0.25) is 14.5 Å². The number of aromatic nitrogens is 2. The Balaban J connectivity index is 3.05. The third kappa shape index (κ3) is 3.40. The van der Waals surface area contributed by atoms with E-state index in [1.165, 1.54) is 6.07 Å². The lowest BCUT2D eigenvalue weighted by Crippen LogP contribution is -2.44. The zero-order valence-electron chi connectivity index (χ0n) is 8.18. The number of amides is 1. The van der Waals surface area contributed by atoms with Gasteiger partial charge in [0.25, 0.3) is 0 Å². The highest BCUT2D eigenvalue weighted by Gasteiger charge is 2.44. The monoisotopic (exact) mass is 249 g/mol. The van der Waals surface area contributed by atoms with Crippen molar-refractivity contribution in [1.82, 2.24) is 9.97 Å². The highest BCUT2D eigenvalue weighted by atomic mass is 19.4. The van der Waals surface area contributed by atoms with Crippen molar-refractivity contribution in [2.45, 2.75) is 6.18 Å². The van der Waals surface area contributed by atoms with Gasteiger partial charge in [0.05, 0.1) is 0 Å². The number of rotatable bonds is 3. The minimum Gasteiger partial charge on any atom is -0.480 e. The van der Waals surface area contributed by atoms with Crippen molar-refractivity contribution in [3.63, 3.8) is 0 Å². The van der Waals surface area contributed by atoms with Crippen LogP contribution in [0.3, 0.4) is 0 Å². The van der Waals surface area contributed by atoms with E-state index in [1.807, 2.05) is 0 Å². The zero-order chi connectivity index (χ0) is 13.1. The fourth-order valence-corrected chi connectivity index (χ4v) is 0.952. The Morgan fingerprint density at radius 2 is 1.82 bits per heavy atom. The molecule has 9 heteroatoms. The van der Waals surface area contributed by atoms with Crippen LogP contribution in [-0.2, 0) is 9.59 Å². The van der Waals surface area contributed by atoms with Crippen LogP contribution < -0.4 is 4.90 Å². The number of carboxylic acid groups (broad SMARTS) is 1. The maximum Gasteiger partial charge on any atom is 0.471 e. The van der Waals surface area contributed by atoms with Crippen molar-refractivity contribution in [3.8, 4) is 0 Å². The first-order valence-corrected chi connectivity index (χ1v) is 4.20. The lowest BCUT2D eigenvalue weighted by atomic mass is 10.4. The second kappa shape index (κ2) is 4.76. The lowest BCUT2D eigenvalue weighted by Gasteiger charge is -2.19. The molecule has 0 atom stereocenters. The maximum atomic E-state index is 12.2. The number of alkyl halides is 3. The number of hydrogen-bond donors (Lipinski definition) is 1. The van der Waals surface area contributed by atoms with Crippen molar-refractivity contribution >= 4 is 17.8 Å². The van der Waals surface area contributed by atoms with E-state index < -0.39 is 30.5 Å². The molecule has 0 saturated heterocycles. The number of carboxylic acids is 1. The maximum absolute atomic E-state index is 12.2.